The summed E-state index contributed by atoms with van der Waals surface area (Å²) in [7, 11) is 0. The molecule has 0 spiro atoms. The quantitative estimate of drug-likeness (QED) is 0.791. The van der Waals surface area contributed by atoms with Gasteiger partial charge in [0.2, 0.25) is 11.0 Å². The molecule has 0 aliphatic rings. The van der Waals surface area contributed by atoms with Crippen molar-refractivity contribution >= 4 is 22.4 Å². The number of amides is 1. The first-order chi connectivity index (χ1) is 6.50. The number of nitrogens with two attached hydrogens (primary N) is 1. The van der Waals surface area contributed by atoms with E-state index in [-0.39, 0.29) is 5.13 Å². The highest BCUT2D eigenvalue weighted by Gasteiger charge is 2.16. The Bertz CT molecular complexity index is 327. The monoisotopic (exact) mass is 222 g/mol. The predicted molar refractivity (Wildman–Crippen MR) is 47.1 cm³/mol. The molecule has 78 valence electrons. The van der Waals surface area contributed by atoms with Crippen LogP contribution in [0.3, 0.4) is 0 Å². The van der Waals surface area contributed by atoms with Crippen LogP contribution in [0.25, 0.3) is 0 Å². The maximum absolute atomic E-state index is 12.0. The summed E-state index contributed by atoms with van der Waals surface area (Å²) < 4.78 is 24.1. The molecule has 3 N–H and O–H groups in total. The highest BCUT2D eigenvalue weighted by atomic mass is 32.1. The van der Waals surface area contributed by atoms with Gasteiger partial charge in [-0.05, 0) is 6.92 Å². The van der Waals surface area contributed by atoms with Gasteiger partial charge < -0.3 is 5.73 Å². The summed E-state index contributed by atoms with van der Waals surface area (Å²) in [5, 5.41) is 8.42. The maximum Gasteiger partial charge on any atom is 0.291 e. The van der Waals surface area contributed by atoms with Crippen molar-refractivity contribution in [2.75, 3.05) is 5.32 Å². The molecule has 5 nitrogen and oxygen atoms in total. The van der Waals surface area contributed by atoms with Crippen LogP contribution in [0.15, 0.2) is 0 Å². The van der Waals surface area contributed by atoms with Crippen LogP contribution in [0.4, 0.5) is 13.9 Å². The number of hydrogen-bond acceptors (Lipinski definition) is 5. The van der Waals surface area contributed by atoms with Crippen molar-refractivity contribution in [1.82, 2.24) is 10.2 Å². The van der Waals surface area contributed by atoms with Crippen LogP contribution in [-0.4, -0.2) is 22.1 Å². The third kappa shape index (κ3) is 2.67. The van der Waals surface area contributed by atoms with Crippen molar-refractivity contribution in [1.29, 1.82) is 0 Å². The summed E-state index contributed by atoms with van der Waals surface area (Å²) in [5.41, 5.74) is 5.25. The molecule has 0 fully saturated rings. The first-order valence-corrected chi connectivity index (χ1v) is 4.50. The average Bonchev–Trinajstić information content (AvgIpc) is 2.52. The predicted octanol–water partition coefficient (Wildman–Crippen LogP) is 0.761. The second-order valence-electron chi connectivity index (χ2n) is 2.52. The minimum atomic E-state index is -2.67. The highest BCUT2D eigenvalue weighted by molar-refractivity contribution is 7.15. The Hall–Kier alpha value is -1.15. The fraction of sp³-hybridized carbons (Fsp3) is 0.500. The molecular formula is C6H8F2N4OS. The van der Waals surface area contributed by atoms with Crippen LogP contribution >= 0.6 is 11.3 Å². The summed E-state index contributed by atoms with van der Waals surface area (Å²) in [6.07, 6.45) is -2.67. The van der Waals surface area contributed by atoms with Gasteiger partial charge in [-0.25, -0.2) is 8.78 Å². The van der Waals surface area contributed by atoms with Gasteiger partial charge in [0.05, 0.1) is 6.04 Å². The van der Waals surface area contributed by atoms with E-state index in [9.17, 15) is 13.6 Å². The van der Waals surface area contributed by atoms with E-state index in [1.807, 2.05) is 0 Å². The van der Waals surface area contributed by atoms with E-state index in [1.54, 1.807) is 0 Å². The van der Waals surface area contributed by atoms with E-state index in [0.717, 1.165) is 0 Å². The molecule has 1 heterocycles. The smallest absolute Gasteiger partial charge is 0.291 e. The van der Waals surface area contributed by atoms with Crippen LogP contribution in [0.5, 0.6) is 0 Å². The number of nitrogens with one attached hydrogen (secondary N) is 1. The van der Waals surface area contributed by atoms with Gasteiger partial charge in [0.15, 0.2) is 5.01 Å². The standard InChI is InChI=1S/C6H8F2N4OS/c1-2(9)4(13)10-6-12-11-5(14-6)3(7)8/h2-3H,9H2,1H3,(H,10,12,13)/t2-/m1/s1. The molecule has 1 rings (SSSR count). The lowest BCUT2D eigenvalue weighted by Gasteiger charge is -2.02. The third-order valence-corrected chi connectivity index (χ3v) is 2.12. The Balaban J connectivity index is 2.64. The number of carbonyl (C=O) groups is 1. The van der Waals surface area contributed by atoms with Gasteiger partial charge in [-0.2, -0.15) is 0 Å². The molecule has 0 unspecified atom stereocenters. The van der Waals surface area contributed by atoms with Crippen molar-refractivity contribution in [2.45, 2.75) is 19.4 Å². The molecule has 14 heavy (non-hydrogen) atoms. The number of halogens is 2. The summed E-state index contributed by atoms with van der Waals surface area (Å²) in [5.74, 6) is -0.484. The van der Waals surface area contributed by atoms with Crippen molar-refractivity contribution in [3.05, 3.63) is 5.01 Å². The van der Waals surface area contributed by atoms with E-state index in [2.05, 4.69) is 15.5 Å². The molecule has 1 atom stereocenters. The van der Waals surface area contributed by atoms with Gasteiger partial charge in [-0.1, -0.05) is 11.3 Å². The van der Waals surface area contributed by atoms with Gasteiger partial charge in [-0.15, -0.1) is 10.2 Å². The zero-order valence-electron chi connectivity index (χ0n) is 7.20. The van der Waals surface area contributed by atoms with E-state index in [0.29, 0.717) is 11.3 Å². The summed E-state index contributed by atoms with van der Waals surface area (Å²) in [4.78, 5) is 11.0. The fourth-order valence-electron chi connectivity index (χ4n) is 0.592. The zero-order valence-corrected chi connectivity index (χ0v) is 8.02. The lowest BCUT2D eigenvalue weighted by atomic mass is 10.3. The molecule has 8 heteroatoms. The van der Waals surface area contributed by atoms with Gasteiger partial charge in [0.1, 0.15) is 0 Å². The van der Waals surface area contributed by atoms with Gasteiger partial charge in [0, 0.05) is 0 Å². The Morgan fingerprint density at radius 2 is 2.21 bits per heavy atom. The molecule has 0 saturated heterocycles. The van der Waals surface area contributed by atoms with Crippen molar-refractivity contribution in [2.24, 2.45) is 5.73 Å². The fourth-order valence-corrected chi connectivity index (χ4v) is 1.19. The minimum Gasteiger partial charge on any atom is -0.320 e. The lowest BCUT2D eigenvalue weighted by molar-refractivity contribution is -0.117. The first-order valence-electron chi connectivity index (χ1n) is 3.68. The van der Waals surface area contributed by atoms with Crippen molar-refractivity contribution in [3.8, 4) is 0 Å². The van der Waals surface area contributed by atoms with Gasteiger partial charge >= 0.3 is 0 Å². The Morgan fingerprint density at radius 3 is 2.64 bits per heavy atom. The summed E-state index contributed by atoms with van der Waals surface area (Å²) >= 11 is 0.627. The molecule has 1 aromatic heterocycles. The van der Waals surface area contributed by atoms with E-state index >= 15 is 0 Å². The summed E-state index contributed by atoms with van der Waals surface area (Å²) in [6, 6.07) is -0.714. The van der Waals surface area contributed by atoms with E-state index in [4.69, 9.17) is 5.73 Å². The molecule has 1 aromatic rings. The Kier molecular flexibility index (Phi) is 3.42. The van der Waals surface area contributed by atoms with Crippen LogP contribution in [0, 0.1) is 0 Å². The molecule has 0 aromatic carbocycles. The van der Waals surface area contributed by atoms with Crippen LogP contribution in [-0.2, 0) is 4.79 Å². The van der Waals surface area contributed by atoms with Gasteiger partial charge in [-0.3, -0.25) is 10.1 Å². The molecule has 0 aliphatic heterocycles. The van der Waals surface area contributed by atoms with Crippen molar-refractivity contribution < 1.29 is 13.6 Å². The molecule has 0 bridgehead atoms. The largest absolute Gasteiger partial charge is 0.320 e. The lowest BCUT2D eigenvalue weighted by Crippen LogP contribution is -2.32. The number of aromatic nitrogens is 2. The second-order valence-corrected chi connectivity index (χ2v) is 3.53. The Morgan fingerprint density at radius 1 is 1.57 bits per heavy atom. The van der Waals surface area contributed by atoms with Crippen molar-refractivity contribution in [3.63, 3.8) is 0 Å². The minimum absolute atomic E-state index is 0.0302. The van der Waals surface area contributed by atoms with Crippen LogP contribution < -0.4 is 11.1 Å². The molecule has 0 aliphatic carbocycles. The van der Waals surface area contributed by atoms with E-state index < -0.39 is 23.4 Å². The van der Waals surface area contributed by atoms with E-state index in [1.165, 1.54) is 6.92 Å². The molecule has 0 saturated carbocycles. The number of rotatable bonds is 3. The number of carbonyl (C=O) groups excluding carboxylic acids is 1. The maximum atomic E-state index is 12.0. The molecule has 0 radical (unpaired) electrons. The number of nitrogens with zero attached hydrogens (tertiary/aromatic N) is 2. The topological polar surface area (TPSA) is 80.9 Å². The normalized spacial score (nSPS) is 12.9. The number of anilines is 1. The Labute approximate surface area is 82.3 Å². The average molecular weight is 222 g/mol. The van der Waals surface area contributed by atoms with Gasteiger partial charge in [0.25, 0.3) is 6.43 Å². The summed E-state index contributed by atoms with van der Waals surface area (Å²) in [6.45, 7) is 1.48. The highest BCUT2D eigenvalue weighted by Crippen LogP contribution is 2.24. The molecular weight excluding hydrogens is 214 g/mol. The van der Waals surface area contributed by atoms with Crippen LogP contribution in [0.2, 0.25) is 0 Å². The zero-order chi connectivity index (χ0) is 10.7. The number of alkyl halides is 2. The number of hydrogen-bond donors (Lipinski definition) is 2. The second kappa shape index (κ2) is 4.38. The van der Waals surface area contributed by atoms with Crippen LogP contribution in [0.1, 0.15) is 18.4 Å². The molecule has 1 amide bonds. The first kappa shape index (κ1) is 10.9. The SMILES string of the molecule is C[C@@H](N)C(=O)Nc1nnc(C(F)F)s1. The third-order valence-electron chi connectivity index (χ3n) is 1.27.